The van der Waals surface area contributed by atoms with Gasteiger partial charge in [0, 0.05) is 54.9 Å². The van der Waals surface area contributed by atoms with Crippen LogP contribution in [0.4, 0.5) is 17.5 Å². The molecule has 2 aliphatic rings. The minimum atomic E-state index is -0.227. The van der Waals surface area contributed by atoms with Gasteiger partial charge >= 0.3 is 0 Å². The van der Waals surface area contributed by atoms with E-state index in [1.54, 1.807) is 44.6 Å². The largest absolute Gasteiger partial charge is 0.493 e. The van der Waals surface area contributed by atoms with E-state index in [4.69, 9.17) is 31.5 Å². The number of rotatable bonds is 8. The molecule has 2 aromatic carbocycles. The van der Waals surface area contributed by atoms with Crippen molar-refractivity contribution in [3.05, 3.63) is 58.2 Å². The zero-order valence-electron chi connectivity index (χ0n) is 22.0. The highest BCUT2D eigenvalue weighted by atomic mass is 35.5. The number of aromatic nitrogens is 2. The minimum absolute atomic E-state index is 0.0967. The fourth-order valence-electron chi connectivity index (χ4n) is 4.74. The Morgan fingerprint density at radius 2 is 1.79 bits per heavy atom. The van der Waals surface area contributed by atoms with Gasteiger partial charge in [0.05, 0.1) is 33.7 Å². The molecule has 12 heteroatoms. The maximum Gasteiger partial charge on any atom is 0.278 e. The number of ether oxygens (including phenoxy) is 3. The maximum absolute atomic E-state index is 13.5. The summed E-state index contributed by atoms with van der Waals surface area (Å²) < 4.78 is 16.3. The van der Waals surface area contributed by atoms with E-state index in [2.05, 4.69) is 25.2 Å². The Balaban J connectivity index is 1.42. The van der Waals surface area contributed by atoms with E-state index in [9.17, 15) is 4.79 Å². The van der Waals surface area contributed by atoms with Crippen molar-refractivity contribution in [2.24, 2.45) is 4.99 Å². The molecule has 0 spiro atoms. The number of carbonyl (C=O) groups excluding carboxylic acids is 1. The summed E-state index contributed by atoms with van der Waals surface area (Å²) in [4.78, 5) is 30.8. The second-order valence-corrected chi connectivity index (χ2v) is 9.59. The molecule has 0 radical (unpaired) electrons. The molecule has 0 bridgehead atoms. The molecule has 1 aromatic heterocycles. The van der Waals surface area contributed by atoms with Crippen molar-refractivity contribution in [2.75, 3.05) is 64.8 Å². The molecule has 3 aromatic rings. The molecular formula is C27H30ClN7O4. The van der Waals surface area contributed by atoms with E-state index in [1.165, 1.54) is 0 Å². The Bertz CT molecular complexity index is 1400. The summed E-state index contributed by atoms with van der Waals surface area (Å²) in [6.45, 7) is 3.93. The molecule has 1 fully saturated rings. The second-order valence-electron chi connectivity index (χ2n) is 9.16. The number of nitrogen functional groups attached to an aromatic ring is 1. The van der Waals surface area contributed by atoms with Crippen molar-refractivity contribution in [3.63, 3.8) is 0 Å². The summed E-state index contributed by atoms with van der Waals surface area (Å²) in [5, 5.41) is 3.84. The standard InChI is InChI=1S/C27H30ClN7O4/c1-37-21-11-16(12-22(38-2)24(21)39-3)10-17-14-31-27(33-25(17)29)32-23-19-13-18(28)4-5-20(19)35(26(23)36)15-34-8-6-30-7-9-34/h4-5,11-14,30H,6-10,15H2,1-3H3,(H2,29,31,33)/b32-23-. The first-order valence-electron chi connectivity index (χ1n) is 12.5. The van der Waals surface area contributed by atoms with Crippen LogP contribution < -0.4 is 30.2 Å². The Morgan fingerprint density at radius 3 is 2.44 bits per heavy atom. The lowest BCUT2D eigenvalue weighted by Gasteiger charge is -2.31. The third-order valence-electron chi connectivity index (χ3n) is 6.72. The van der Waals surface area contributed by atoms with Crippen LogP contribution in [-0.4, -0.2) is 80.7 Å². The van der Waals surface area contributed by atoms with Crippen molar-refractivity contribution in [1.29, 1.82) is 0 Å². The molecule has 1 amide bonds. The predicted octanol–water partition coefficient (Wildman–Crippen LogP) is 2.66. The molecule has 0 atom stereocenters. The van der Waals surface area contributed by atoms with Crippen molar-refractivity contribution >= 4 is 40.7 Å². The minimum Gasteiger partial charge on any atom is -0.493 e. The van der Waals surface area contributed by atoms with Crippen LogP contribution >= 0.6 is 11.6 Å². The number of fused-ring (bicyclic) bond motifs is 1. The normalized spacial score (nSPS) is 16.5. The van der Waals surface area contributed by atoms with E-state index in [-0.39, 0.29) is 23.4 Å². The second kappa shape index (κ2) is 11.4. The van der Waals surface area contributed by atoms with Crippen LogP contribution in [0.15, 0.2) is 41.5 Å². The monoisotopic (exact) mass is 551 g/mol. The van der Waals surface area contributed by atoms with Crippen LogP contribution in [0.25, 0.3) is 0 Å². The number of hydrogen-bond donors (Lipinski definition) is 2. The summed E-state index contributed by atoms with van der Waals surface area (Å²) in [5.41, 5.74) is 9.51. The van der Waals surface area contributed by atoms with Gasteiger partial charge in [0.25, 0.3) is 11.9 Å². The Morgan fingerprint density at radius 1 is 1.08 bits per heavy atom. The molecule has 0 unspecified atom stereocenters. The molecule has 39 heavy (non-hydrogen) atoms. The molecule has 0 saturated carbocycles. The van der Waals surface area contributed by atoms with Gasteiger partial charge in [-0.3, -0.25) is 14.6 Å². The molecule has 3 N–H and O–H groups in total. The highest BCUT2D eigenvalue weighted by molar-refractivity contribution is 6.55. The average molecular weight is 552 g/mol. The molecule has 3 heterocycles. The average Bonchev–Trinajstić information content (AvgIpc) is 3.19. The lowest BCUT2D eigenvalue weighted by molar-refractivity contribution is -0.112. The van der Waals surface area contributed by atoms with Gasteiger partial charge in [-0.05, 0) is 35.9 Å². The predicted molar refractivity (Wildman–Crippen MR) is 150 cm³/mol. The summed E-state index contributed by atoms with van der Waals surface area (Å²) in [5.74, 6) is 1.71. The van der Waals surface area contributed by atoms with Crippen LogP contribution in [0.1, 0.15) is 16.7 Å². The lowest BCUT2D eigenvalue weighted by atomic mass is 10.1. The number of benzene rings is 2. The van der Waals surface area contributed by atoms with Gasteiger partial charge in [-0.25, -0.2) is 9.98 Å². The number of nitrogens with zero attached hydrogens (tertiary/aromatic N) is 5. The quantitative estimate of drug-likeness (QED) is 0.434. The number of anilines is 2. The molecule has 5 rings (SSSR count). The van der Waals surface area contributed by atoms with Crippen LogP contribution in [-0.2, 0) is 11.2 Å². The number of aliphatic imine (C=N–C) groups is 1. The number of carbonyl (C=O) groups is 1. The highest BCUT2D eigenvalue weighted by Crippen LogP contribution is 2.39. The zero-order valence-corrected chi connectivity index (χ0v) is 22.8. The number of piperazine rings is 1. The summed E-state index contributed by atoms with van der Waals surface area (Å²) in [6, 6.07) is 9.05. The van der Waals surface area contributed by atoms with Gasteiger partial charge in [0.1, 0.15) is 11.5 Å². The first-order valence-corrected chi connectivity index (χ1v) is 12.8. The van der Waals surface area contributed by atoms with Crippen molar-refractivity contribution < 1.29 is 19.0 Å². The number of nitrogens with one attached hydrogen (secondary N) is 1. The lowest BCUT2D eigenvalue weighted by Crippen LogP contribution is -2.49. The SMILES string of the molecule is COc1cc(Cc2cnc(/N=C3\C(=O)N(CN4CCNCC4)c4ccc(Cl)cc43)nc2N)cc(OC)c1OC. The van der Waals surface area contributed by atoms with Crippen LogP contribution in [0.5, 0.6) is 17.2 Å². The number of nitrogens with two attached hydrogens (primary N) is 1. The van der Waals surface area contributed by atoms with E-state index in [1.807, 2.05) is 18.2 Å². The third kappa shape index (κ3) is 5.47. The van der Waals surface area contributed by atoms with E-state index >= 15 is 0 Å². The Kier molecular flexibility index (Phi) is 7.82. The van der Waals surface area contributed by atoms with Gasteiger partial charge in [-0.1, -0.05) is 11.6 Å². The molecule has 204 valence electrons. The number of amides is 1. The number of methoxy groups -OCH3 is 3. The fraction of sp³-hybridized carbons (Fsp3) is 0.333. The zero-order chi connectivity index (χ0) is 27.5. The summed E-state index contributed by atoms with van der Waals surface area (Å²) in [6.07, 6.45) is 2.04. The maximum atomic E-state index is 13.5. The highest BCUT2D eigenvalue weighted by Gasteiger charge is 2.35. The molecule has 0 aliphatic carbocycles. The topological polar surface area (TPSA) is 127 Å². The van der Waals surface area contributed by atoms with Crippen LogP contribution in [0.2, 0.25) is 5.02 Å². The van der Waals surface area contributed by atoms with E-state index in [0.717, 1.165) is 37.4 Å². The fourth-order valence-corrected chi connectivity index (χ4v) is 4.92. The number of halogens is 1. The van der Waals surface area contributed by atoms with E-state index < -0.39 is 0 Å². The third-order valence-corrected chi connectivity index (χ3v) is 6.95. The first-order chi connectivity index (χ1) is 18.9. The molecule has 2 aliphatic heterocycles. The van der Waals surface area contributed by atoms with Crippen molar-refractivity contribution in [1.82, 2.24) is 20.2 Å². The summed E-state index contributed by atoms with van der Waals surface area (Å²) in [7, 11) is 4.68. The van der Waals surface area contributed by atoms with Crippen LogP contribution in [0, 0.1) is 0 Å². The van der Waals surface area contributed by atoms with Gasteiger partial charge in [0.2, 0.25) is 5.75 Å². The van der Waals surface area contributed by atoms with Crippen molar-refractivity contribution in [2.45, 2.75) is 6.42 Å². The van der Waals surface area contributed by atoms with Gasteiger partial charge in [0.15, 0.2) is 11.5 Å². The first kappa shape index (κ1) is 26.7. The molecule has 1 saturated heterocycles. The van der Waals surface area contributed by atoms with Gasteiger partial charge < -0.3 is 25.3 Å². The van der Waals surface area contributed by atoms with Gasteiger partial charge in [-0.2, -0.15) is 4.98 Å². The van der Waals surface area contributed by atoms with Crippen molar-refractivity contribution in [3.8, 4) is 17.2 Å². The van der Waals surface area contributed by atoms with Gasteiger partial charge in [-0.15, -0.1) is 0 Å². The summed E-state index contributed by atoms with van der Waals surface area (Å²) >= 11 is 6.28. The Labute approximate surface area is 231 Å². The molecular weight excluding hydrogens is 522 g/mol. The number of hydrogen-bond acceptors (Lipinski definition) is 10. The van der Waals surface area contributed by atoms with Crippen LogP contribution in [0.3, 0.4) is 0 Å². The molecule has 11 nitrogen and oxygen atoms in total. The Hall–Kier alpha value is -3.93. The van der Waals surface area contributed by atoms with E-state index in [0.29, 0.717) is 46.5 Å². The smallest absolute Gasteiger partial charge is 0.278 e.